The van der Waals surface area contributed by atoms with E-state index in [2.05, 4.69) is 10.6 Å². The number of likely N-dealkylation sites (tertiary alicyclic amines) is 1. The Labute approximate surface area is 102 Å². The molecule has 2 rings (SSSR count). The highest BCUT2D eigenvalue weighted by atomic mass is 16.2. The highest BCUT2D eigenvalue weighted by Gasteiger charge is 2.24. The zero-order valence-corrected chi connectivity index (χ0v) is 10.1. The lowest BCUT2D eigenvalue weighted by Crippen LogP contribution is -2.39. The molecule has 1 aromatic carbocycles. The fourth-order valence-electron chi connectivity index (χ4n) is 2.07. The standard InChI is InChI=1S/C13H19N3O/c1-14-12-7-8-16(10-12)13(17)15-9-11-5-3-2-4-6-11/h2-6,12,14H,7-10H2,1H3,(H,15,17)/t12-/m1/s1. The van der Waals surface area contributed by atoms with Gasteiger partial charge in [0.25, 0.3) is 0 Å². The second-order valence-electron chi connectivity index (χ2n) is 4.36. The molecule has 1 atom stereocenters. The lowest BCUT2D eigenvalue weighted by molar-refractivity contribution is 0.207. The van der Waals surface area contributed by atoms with E-state index in [1.165, 1.54) is 0 Å². The van der Waals surface area contributed by atoms with Crippen LogP contribution in [0.1, 0.15) is 12.0 Å². The number of urea groups is 1. The molecule has 4 nitrogen and oxygen atoms in total. The number of amides is 2. The predicted octanol–water partition coefficient (Wildman–Crippen LogP) is 1.19. The third kappa shape index (κ3) is 3.20. The number of likely N-dealkylation sites (N-methyl/N-ethyl adjacent to an activating group) is 1. The van der Waals surface area contributed by atoms with Crippen LogP contribution in [0.25, 0.3) is 0 Å². The summed E-state index contributed by atoms with van der Waals surface area (Å²) < 4.78 is 0. The molecule has 1 fully saturated rings. The van der Waals surface area contributed by atoms with Gasteiger partial charge in [0, 0.05) is 25.7 Å². The molecule has 1 aliphatic heterocycles. The summed E-state index contributed by atoms with van der Waals surface area (Å²) in [4.78, 5) is 13.7. The van der Waals surface area contributed by atoms with Crippen molar-refractivity contribution in [3.63, 3.8) is 0 Å². The van der Waals surface area contributed by atoms with Crippen LogP contribution >= 0.6 is 0 Å². The summed E-state index contributed by atoms with van der Waals surface area (Å²) in [6, 6.07) is 10.4. The van der Waals surface area contributed by atoms with Crippen LogP contribution in [-0.4, -0.2) is 37.1 Å². The largest absolute Gasteiger partial charge is 0.334 e. The van der Waals surface area contributed by atoms with Gasteiger partial charge < -0.3 is 15.5 Å². The molecule has 1 heterocycles. The molecule has 17 heavy (non-hydrogen) atoms. The fourth-order valence-corrected chi connectivity index (χ4v) is 2.07. The lowest BCUT2D eigenvalue weighted by atomic mass is 10.2. The summed E-state index contributed by atoms with van der Waals surface area (Å²) in [5, 5.41) is 6.15. The van der Waals surface area contributed by atoms with Crippen molar-refractivity contribution in [2.45, 2.75) is 19.0 Å². The van der Waals surface area contributed by atoms with Crippen molar-refractivity contribution in [2.75, 3.05) is 20.1 Å². The Bertz CT molecular complexity index is 366. The third-order valence-electron chi connectivity index (χ3n) is 3.17. The second-order valence-corrected chi connectivity index (χ2v) is 4.36. The summed E-state index contributed by atoms with van der Waals surface area (Å²) >= 11 is 0. The van der Waals surface area contributed by atoms with Gasteiger partial charge >= 0.3 is 6.03 Å². The monoisotopic (exact) mass is 233 g/mol. The number of carbonyl (C=O) groups excluding carboxylic acids is 1. The van der Waals surface area contributed by atoms with Gasteiger partial charge in [-0.2, -0.15) is 0 Å². The Kier molecular flexibility index (Phi) is 3.98. The first kappa shape index (κ1) is 11.9. The smallest absolute Gasteiger partial charge is 0.317 e. The Hall–Kier alpha value is -1.55. The predicted molar refractivity (Wildman–Crippen MR) is 67.7 cm³/mol. The lowest BCUT2D eigenvalue weighted by Gasteiger charge is -2.17. The minimum atomic E-state index is 0.0339. The molecular weight excluding hydrogens is 214 g/mol. The van der Waals surface area contributed by atoms with Gasteiger partial charge in [-0.15, -0.1) is 0 Å². The molecule has 0 spiro atoms. The molecule has 1 aromatic rings. The van der Waals surface area contributed by atoms with Gasteiger partial charge in [-0.3, -0.25) is 0 Å². The van der Waals surface area contributed by atoms with E-state index in [0.29, 0.717) is 12.6 Å². The SMILES string of the molecule is CN[C@@H]1CCN(C(=O)NCc2ccccc2)C1. The van der Waals surface area contributed by atoms with E-state index in [1.54, 1.807) is 0 Å². The van der Waals surface area contributed by atoms with Crippen LogP contribution in [-0.2, 0) is 6.54 Å². The van der Waals surface area contributed by atoms with E-state index >= 15 is 0 Å². The van der Waals surface area contributed by atoms with Gasteiger partial charge in [0.05, 0.1) is 0 Å². The number of benzene rings is 1. The Balaban J connectivity index is 1.78. The molecule has 1 aliphatic rings. The van der Waals surface area contributed by atoms with E-state index in [0.717, 1.165) is 25.1 Å². The van der Waals surface area contributed by atoms with Crippen LogP contribution in [0.15, 0.2) is 30.3 Å². The van der Waals surface area contributed by atoms with Crippen molar-refractivity contribution in [3.05, 3.63) is 35.9 Å². The van der Waals surface area contributed by atoms with E-state index in [-0.39, 0.29) is 6.03 Å². The number of carbonyl (C=O) groups is 1. The quantitative estimate of drug-likeness (QED) is 0.823. The number of nitrogens with zero attached hydrogens (tertiary/aromatic N) is 1. The zero-order chi connectivity index (χ0) is 12.1. The average Bonchev–Trinajstić information content (AvgIpc) is 2.86. The first-order valence-corrected chi connectivity index (χ1v) is 6.03. The van der Waals surface area contributed by atoms with Gasteiger partial charge in [0.15, 0.2) is 0 Å². The van der Waals surface area contributed by atoms with Gasteiger partial charge in [-0.05, 0) is 19.0 Å². The molecule has 0 aromatic heterocycles. The summed E-state index contributed by atoms with van der Waals surface area (Å²) in [6.07, 6.45) is 1.04. The summed E-state index contributed by atoms with van der Waals surface area (Å²) in [7, 11) is 1.94. The molecule has 1 saturated heterocycles. The number of hydrogen-bond donors (Lipinski definition) is 2. The van der Waals surface area contributed by atoms with Crippen molar-refractivity contribution >= 4 is 6.03 Å². The van der Waals surface area contributed by atoms with E-state index < -0.39 is 0 Å². The van der Waals surface area contributed by atoms with E-state index in [1.807, 2.05) is 42.3 Å². The maximum Gasteiger partial charge on any atom is 0.317 e. The van der Waals surface area contributed by atoms with Crippen LogP contribution in [0.2, 0.25) is 0 Å². The third-order valence-corrected chi connectivity index (χ3v) is 3.17. The first-order chi connectivity index (χ1) is 8.29. The molecule has 4 heteroatoms. The molecule has 0 aliphatic carbocycles. The number of hydrogen-bond acceptors (Lipinski definition) is 2. The maximum absolute atomic E-state index is 11.9. The topological polar surface area (TPSA) is 44.4 Å². The zero-order valence-electron chi connectivity index (χ0n) is 10.1. The van der Waals surface area contributed by atoms with Crippen LogP contribution in [0, 0.1) is 0 Å². The van der Waals surface area contributed by atoms with Crippen molar-refractivity contribution in [1.29, 1.82) is 0 Å². The van der Waals surface area contributed by atoms with E-state index in [4.69, 9.17) is 0 Å². The minimum Gasteiger partial charge on any atom is -0.334 e. The van der Waals surface area contributed by atoms with Gasteiger partial charge in [0.1, 0.15) is 0 Å². The van der Waals surface area contributed by atoms with Crippen LogP contribution in [0.4, 0.5) is 4.79 Å². The molecule has 0 unspecified atom stereocenters. The molecule has 92 valence electrons. The fraction of sp³-hybridized carbons (Fsp3) is 0.462. The van der Waals surface area contributed by atoms with Crippen molar-refractivity contribution < 1.29 is 4.79 Å². The molecule has 0 bridgehead atoms. The number of nitrogens with one attached hydrogen (secondary N) is 2. The second kappa shape index (κ2) is 5.68. The van der Waals surface area contributed by atoms with Crippen molar-refractivity contribution in [1.82, 2.24) is 15.5 Å². The average molecular weight is 233 g/mol. The summed E-state index contributed by atoms with van der Waals surface area (Å²) in [6.45, 7) is 2.24. The van der Waals surface area contributed by atoms with E-state index in [9.17, 15) is 4.79 Å². The summed E-state index contributed by atoms with van der Waals surface area (Å²) in [5.74, 6) is 0. The first-order valence-electron chi connectivity index (χ1n) is 6.03. The molecule has 2 amide bonds. The number of rotatable bonds is 3. The van der Waals surface area contributed by atoms with Gasteiger partial charge in [0.2, 0.25) is 0 Å². The molecule has 0 saturated carbocycles. The maximum atomic E-state index is 11.9. The minimum absolute atomic E-state index is 0.0339. The van der Waals surface area contributed by atoms with Crippen molar-refractivity contribution in [3.8, 4) is 0 Å². The van der Waals surface area contributed by atoms with Crippen molar-refractivity contribution in [2.24, 2.45) is 0 Å². The molecule has 0 radical (unpaired) electrons. The van der Waals surface area contributed by atoms with Gasteiger partial charge in [-0.25, -0.2) is 4.79 Å². The Morgan fingerprint density at radius 3 is 2.82 bits per heavy atom. The van der Waals surface area contributed by atoms with Crippen LogP contribution in [0.3, 0.4) is 0 Å². The highest BCUT2D eigenvalue weighted by Crippen LogP contribution is 2.08. The normalized spacial score (nSPS) is 19.4. The van der Waals surface area contributed by atoms with Gasteiger partial charge in [-0.1, -0.05) is 30.3 Å². The highest BCUT2D eigenvalue weighted by molar-refractivity contribution is 5.74. The summed E-state index contributed by atoms with van der Waals surface area (Å²) in [5.41, 5.74) is 1.13. The van der Waals surface area contributed by atoms with Crippen LogP contribution in [0.5, 0.6) is 0 Å². The molecular formula is C13H19N3O. The Morgan fingerprint density at radius 2 is 2.18 bits per heavy atom. The Morgan fingerprint density at radius 1 is 1.41 bits per heavy atom. The molecule has 2 N–H and O–H groups in total. The van der Waals surface area contributed by atoms with Crippen LogP contribution < -0.4 is 10.6 Å².